The Morgan fingerprint density at radius 3 is 0.721 bits per heavy atom. The zero-order valence-corrected chi connectivity index (χ0v) is 82.9. The summed E-state index contributed by atoms with van der Waals surface area (Å²) in [5.41, 5.74) is 5.72. The molecule has 0 radical (unpaired) electrons. The van der Waals surface area contributed by atoms with Gasteiger partial charge in [-0.2, -0.15) is 20.4 Å². The summed E-state index contributed by atoms with van der Waals surface area (Å²) in [6, 6.07) is 92.4. The summed E-state index contributed by atoms with van der Waals surface area (Å²) in [7, 11) is 0. The Labute approximate surface area is 745 Å². The van der Waals surface area contributed by atoms with Gasteiger partial charge in [0.05, 0.1) is 46.2 Å². The molecule has 666 valence electrons. The van der Waals surface area contributed by atoms with Crippen LogP contribution in [0.15, 0.2) is 354 Å². The molecule has 0 aliphatic heterocycles. The minimum atomic E-state index is 0.810. The van der Waals surface area contributed by atoms with Gasteiger partial charge in [0, 0.05) is 81.9 Å². The van der Waals surface area contributed by atoms with Crippen molar-refractivity contribution in [2.24, 2.45) is 0 Å². The number of nitrogens with zero attached hydrogens (tertiary/aromatic N) is 12. The Kier molecular flexibility index (Phi) is 121. The third kappa shape index (κ3) is 64.9. The van der Waals surface area contributed by atoms with Crippen LogP contribution in [0.2, 0.25) is 0 Å². The highest BCUT2D eigenvalue weighted by Gasteiger charge is 1.94. The van der Waals surface area contributed by atoms with Gasteiger partial charge in [0.25, 0.3) is 0 Å². The van der Waals surface area contributed by atoms with E-state index < -0.39 is 0 Å². The van der Waals surface area contributed by atoms with Crippen molar-refractivity contribution in [3.05, 3.63) is 354 Å². The Balaban J connectivity index is -0.000000138. The van der Waals surface area contributed by atoms with Gasteiger partial charge in [-0.3, -0.25) is 19.9 Å². The fourth-order valence-electron chi connectivity index (χ4n) is 8.17. The molecule has 8 aromatic heterocycles. The number of para-hydroxylation sites is 4. The SMILES string of the molecule is CC.CC.CC.CC.CC.CC.CC.CC.CC.CC.CC.CC.CC.CC.CC.CC.CC.CC.c1ccc2ccccc2c1.c1ccc2cnccc2c1.c1ccc2cnncc2c1.c1ccc2ncccc2c1.c1ccc2nccnc2c1.c1ccc2ncncc2c1.c1ccc2nnccc2c1.c1ccccc1.c1cnc2ncccc2c1. The molecular formula is C110H166N12. The van der Waals surface area contributed by atoms with Crippen molar-refractivity contribution < 1.29 is 0 Å². The highest BCUT2D eigenvalue weighted by molar-refractivity contribution is 5.83. The van der Waals surface area contributed by atoms with Gasteiger partial charge in [0.2, 0.25) is 0 Å². The molecule has 122 heavy (non-hydrogen) atoms. The Hall–Kier alpha value is -12.0. The van der Waals surface area contributed by atoms with Gasteiger partial charge in [-0.1, -0.05) is 456 Å². The lowest BCUT2D eigenvalue weighted by atomic mass is 10.1. The molecule has 0 bridgehead atoms. The first-order valence-corrected chi connectivity index (χ1v) is 45.5. The summed E-state index contributed by atoms with van der Waals surface area (Å²) < 4.78 is 0. The van der Waals surface area contributed by atoms with E-state index in [1.54, 1.807) is 49.7 Å². The molecule has 0 saturated heterocycles. The van der Waals surface area contributed by atoms with Gasteiger partial charge in [0.1, 0.15) is 6.33 Å². The first kappa shape index (κ1) is 131. The fraction of sp³-hybridized carbons (Fsp3) is 0.327. The molecule has 0 aliphatic rings. The molecule has 0 atom stereocenters. The molecule has 0 saturated carbocycles. The zero-order valence-electron chi connectivity index (χ0n) is 82.9. The van der Waals surface area contributed by atoms with Gasteiger partial charge in [-0.05, 0) is 94.3 Å². The predicted molar refractivity (Wildman–Crippen MR) is 556 cm³/mol. The molecule has 0 amide bonds. The second kappa shape index (κ2) is 113. The van der Waals surface area contributed by atoms with Crippen LogP contribution in [0.3, 0.4) is 0 Å². The summed E-state index contributed by atoms with van der Waals surface area (Å²) in [6.45, 7) is 72.0. The molecule has 17 aromatic rings. The van der Waals surface area contributed by atoms with Crippen molar-refractivity contribution in [2.45, 2.75) is 249 Å². The first-order chi connectivity index (χ1) is 60.7. The monoisotopic (exact) mass is 1660 g/mol. The number of hydrogen-bond acceptors (Lipinski definition) is 12. The van der Waals surface area contributed by atoms with Crippen LogP contribution < -0.4 is 0 Å². The highest BCUT2D eigenvalue weighted by Crippen LogP contribution is 2.14. The molecule has 12 nitrogen and oxygen atoms in total. The van der Waals surface area contributed by atoms with E-state index in [0.717, 1.165) is 60.2 Å². The van der Waals surface area contributed by atoms with E-state index in [0.29, 0.717) is 0 Å². The maximum atomic E-state index is 4.18. The third-order valence-corrected chi connectivity index (χ3v) is 12.4. The normalized spacial score (nSPS) is 7.84. The van der Waals surface area contributed by atoms with Crippen molar-refractivity contribution >= 4 is 87.1 Å². The van der Waals surface area contributed by atoms with Crippen molar-refractivity contribution in [3.8, 4) is 0 Å². The molecule has 0 fully saturated rings. The van der Waals surface area contributed by atoms with Crippen LogP contribution >= 0.6 is 0 Å². The maximum Gasteiger partial charge on any atom is 0.159 e. The molecular weight excluding hydrogens is 1490 g/mol. The van der Waals surface area contributed by atoms with Crippen LogP contribution in [0.1, 0.15) is 249 Å². The van der Waals surface area contributed by atoms with Gasteiger partial charge >= 0.3 is 0 Å². The Bertz CT molecular complexity index is 3330. The van der Waals surface area contributed by atoms with E-state index in [-0.39, 0.29) is 0 Å². The highest BCUT2D eigenvalue weighted by atomic mass is 15.1. The van der Waals surface area contributed by atoms with E-state index >= 15 is 0 Å². The maximum absolute atomic E-state index is 4.18. The van der Waals surface area contributed by atoms with E-state index in [1.165, 1.54) is 26.9 Å². The lowest BCUT2D eigenvalue weighted by molar-refractivity contribution is 1.05. The van der Waals surface area contributed by atoms with Crippen molar-refractivity contribution in [2.75, 3.05) is 0 Å². The van der Waals surface area contributed by atoms with Crippen LogP contribution in [-0.2, 0) is 0 Å². The first-order valence-electron chi connectivity index (χ1n) is 45.5. The standard InChI is InChI=1S/C10H8.2C9H7N.5C8H6N2.C6H6.18C2H6/c1-2-6-10-8-4-3-7-9(10)5-1;1-2-6-9-8(4-1)5-3-7-10-9;1-2-4-9-7-10-6-5-8(9)3-1;1-3-7-4-2-6-10-8(7)9-5-1;1-2-4-8-7(3-1)5-9-6-10-8;1-2-4-8-6-10-9-5-7(8)3-1;1-2-4-8-7(3-1)9-5-6-10-8;1-2-4-8-7(3-1)5-6-9-10-8;1-2-4-6-5-3-1;18*1-2/h1-8H;2*1-7H;5*1-6H;1-6H;18*1-2H3. The quantitative estimate of drug-likeness (QED) is 0.142. The van der Waals surface area contributed by atoms with Gasteiger partial charge < -0.3 is 0 Å². The van der Waals surface area contributed by atoms with Crippen LogP contribution in [0.4, 0.5) is 0 Å². The largest absolute Gasteiger partial charge is 0.264 e. The van der Waals surface area contributed by atoms with Crippen molar-refractivity contribution in [3.63, 3.8) is 0 Å². The molecule has 17 rings (SSSR count). The molecule has 0 N–H and O–H groups in total. The average molecular weight is 1660 g/mol. The van der Waals surface area contributed by atoms with Gasteiger partial charge in [-0.15, -0.1) is 0 Å². The van der Waals surface area contributed by atoms with Crippen LogP contribution in [0.25, 0.3) is 87.1 Å². The second-order valence-electron chi connectivity index (χ2n) is 18.3. The molecule has 12 heteroatoms. The predicted octanol–water partition coefficient (Wildman–Crippen LogP) is 35.6. The van der Waals surface area contributed by atoms with E-state index in [9.17, 15) is 0 Å². The fourth-order valence-corrected chi connectivity index (χ4v) is 8.17. The van der Waals surface area contributed by atoms with Crippen LogP contribution in [0.5, 0.6) is 0 Å². The minimum absolute atomic E-state index is 0.810. The summed E-state index contributed by atoms with van der Waals surface area (Å²) in [6.07, 6.45) is 21.0. The van der Waals surface area contributed by atoms with Gasteiger partial charge in [-0.25, -0.2) is 19.9 Å². The third-order valence-electron chi connectivity index (χ3n) is 12.4. The summed E-state index contributed by atoms with van der Waals surface area (Å²) in [5.74, 6) is 0. The zero-order chi connectivity index (χ0) is 94.7. The van der Waals surface area contributed by atoms with Crippen molar-refractivity contribution in [1.29, 1.82) is 0 Å². The molecule has 8 heterocycles. The number of fused-ring (bicyclic) bond motifs is 8. The minimum Gasteiger partial charge on any atom is -0.264 e. The molecule has 0 spiro atoms. The lowest BCUT2D eigenvalue weighted by Gasteiger charge is -1.92. The molecule has 9 aromatic carbocycles. The topological polar surface area (TPSA) is 155 Å². The Morgan fingerprint density at radius 1 is 0.139 bits per heavy atom. The molecule has 0 unspecified atom stereocenters. The number of aromatic nitrogens is 12. The number of hydrogen-bond donors (Lipinski definition) is 0. The summed E-state index contributed by atoms with van der Waals surface area (Å²) in [5, 5.41) is 27.1. The van der Waals surface area contributed by atoms with Crippen molar-refractivity contribution in [1.82, 2.24) is 60.3 Å². The molecule has 0 aliphatic carbocycles. The number of benzene rings is 9. The smallest absolute Gasteiger partial charge is 0.159 e. The summed E-state index contributed by atoms with van der Waals surface area (Å²) in [4.78, 5) is 32.5. The van der Waals surface area contributed by atoms with Crippen LogP contribution in [0, 0.1) is 0 Å². The van der Waals surface area contributed by atoms with Crippen LogP contribution in [-0.4, -0.2) is 60.3 Å². The lowest BCUT2D eigenvalue weighted by Crippen LogP contribution is -1.79. The van der Waals surface area contributed by atoms with Gasteiger partial charge in [0.15, 0.2) is 5.65 Å². The second-order valence-corrected chi connectivity index (χ2v) is 18.3. The number of rotatable bonds is 0. The van der Waals surface area contributed by atoms with E-state index in [2.05, 4.69) is 133 Å². The summed E-state index contributed by atoms with van der Waals surface area (Å²) >= 11 is 0. The van der Waals surface area contributed by atoms with E-state index in [1.807, 2.05) is 480 Å². The Morgan fingerprint density at radius 2 is 0.385 bits per heavy atom. The van der Waals surface area contributed by atoms with E-state index in [4.69, 9.17) is 0 Å². The number of pyridine rings is 4. The average Bonchev–Trinajstić information content (AvgIpc) is 0.938.